The van der Waals surface area contributed by atoms with Crippen LogP contribution in [-0.4, -0.2) is 45.6 Å². The average molecular weight is 458 g/mol. The fourth-order valence-corrected chi connectivity index (χ4v) is 5.74. The van der Waals surface area contributed by atoms with E-state index in [2.05, 4.69) is 4.98 Å². The van der Waals surface area contributed by atoms with E-state index in [0.717, 1.165) is 23.0 Å². The van der Waals surface area contributed by atoms with Crippen LogP contribution < -0.4 is 5.73 Å². The van der Waals surface area contributed by atoms with Crippen molar-refractivity contribution in [1.29, 1.82) is 0 Å². The highest BCUT2D eigenvalue weighted by molar-refractivity contribution is 6.22. The molecule has 0 fully saturated rings. The molecule has 8 nitrogen and oxygen atoms in total. The molecule has 0 saturated carbocycles. The van der Waals surface area contributed by atoms with E-state index in [4.69, 9.17) is 5.73 Å². The number of nitrogens with zero attached hydrogens (tertiary/aromatic N) is 1. The quantitative estimate of drug-likeness (QED) is 0.403. The summed E-state index contributed by atoms with van der Waals surface area (Å²) in [5.41, 5.74) is 8.24. The van der Waals surface area contributed by atoms with Gasteiger partial charge in [0.05, 0.1) is 11.5 Å². The number of nitrogens with two attached hydrogens (primary N) is 1. The van der Waals surface area contributed by atoms with E-state index in [9.17, 15) is 29.7 Å². The van der Waals surface area contributed by atoms with Crippen molar-refractivity contribution in [3.63, 3.8) is 0 Å². The summed E-state index contributed by atoms with van der Waals surface area (Å²) in [5, 5.41) is 32.0. The normalized spacial score (nSPS) is 23.9. The molecule has 0 spiro atoms. The van der Waals surface area contributed by atoms with Crippen molar-refractivity contribution < 1.29 is 29.7 Å². The molecule has 3 aliphatic rings. The van der Waals surface area contributed by atoms with E-state index in [1.165, 1.54) is 6.07 Å². The second kappa shape index (κ2) is 7.86. The highest BCUT2D eigenvalue weighted by atomic mass is 16.3. The number of aromatic nitrogens is 1. The number of carbonyl (C=O) groups is 3. The molecular weight excluding hydrogens is 435 g/mol. The van der Waals surface area contributed by atoms with Crippen molar-refractivity contribution in [2.24, 2.45) is 23.5 Å². The number of phenols is 1. The zero-order valence-corrected chi connectivity index (χ0v) is 18.5. The molecule has 0 saturated heterocycles. The van der Waals surface area contributed by atoms with Crippen molar-refractivity contribution in [2.75, 3.05) is 0 Å². The number of ketones is 2. The zero-order valence-electron chi connectivity index (χ0n) is 18.5. The molecule has 1 amide bonds. The first-order valence-electron chi connectivity index (χ1n) is 11.3. The summed E-state index contributed by atoms with van der Waals surface area (Å²) in [5.74, 6) is -5.33. The summed E-state index contributed by atoms with van der Waals surface area (Å²) < 4.78 is 0. The van der Waals surface area contributed by atoms with Gasteiger partial charge in [-0.05, 0) is 53.5 Å². The van der Waals surface area contributed by atoms with Gasteiger partial charge in [0.25, 0.3) is 5.91 Å². The monoisotopic (exact) mass is 458 g/mol. The Hall–Kier alpha value is -3.88. The minimum atomic E-state index is -1.12. The Kier molecular flexibility index (Phi) is 5.08. The fraction of sp³-hybridized carbons (Fsp3) is 0.280. The second-order valence-electron chi connectivity index (χ2n) is 9.18. The standard InChI is InChI=1S/C25H23BN2O6/c26-7-10-3-13(9-28-8-10)14-1-2-16(29)20-15(14)5-11-4-12-6-17(30)21(25(27)34)24(33)19(12)22(31)18(11)23(20)32/h1-3,8-9,11-12,19,29-31H,4-7,26H2,(H2,27,34). The van der Waals surface area contributed by atoms with Gasteiger partial charge in [-0.2, -0.15) is 0 Å². The van der Waals surface area contributed by atoms with E-state index in [1.54, 1.807) is 18.5 Å². The molecule has 1 heterocycles. The van der Waals surface area contributed by atoms with Crippen molar-refractivity contribution in [3.05, 3.63) is 69.9 Å². The maximum Gasteiger partial charge on any atom is 0.255 e. The van der Waals surface area contributed by atoms with Gasteiger partial charge >= 0.3 is 0 Å². The number of primary amides is 1. The average Bonchev–Trinajstić information content (AvgIpc) is 2.78. The smallest absolute Gasteiger partial charge is 0.255 e. The van der Waals surface area contributed by atoms with E-state index < -0.39 is 46.6 Å². The number of aliphatic hydroxyl groups excluding tert-OH is 2. The number of Topliss-reactive ketones (excluding diaryl/α,β-unsaturated/α-hetero) is 2. The lowest BCUT2D eigenvalue weighted by atomic mass is 9.62. The molecule has 3 aliphatic carbocycles. The van der Waals surface area contributed by atoms with Crippen LogP contribution in [0.1, 0.15) is 34.3 Å². The van der Waals surface area contributed by atoms with Gasteiger partial charge in [-0.3, -0.25) is 19.4 Å². The van der Waals surface area contributed by atoms with E-state index in [1.807, 2.05) is 13.9 Å². The number of rotatable bonds is 3. The van der Waals surface area contributed by atoms with Gasteiger partial charge in [0.1, 0.15) is 30.7 Å². The number of hydrogen-bond acceptors (Lipinski definition) is 7. The number of hydrogen-bond donors (Lipinski definition) is 4. The molecule has 0 bridgehead atoms. The van der Waals surface area contributed by atoms with Crippen LogP contribution in [0.3, 0.4) is 0 Å². The topological polar surface area (TPSA) is 151 Å². The van der Waals surface area contributed by atoms with E-state index >= 15 is 0 Å². The lowest BCUT2D eigenvalue weighted by Gasteiger charge is -2.41. The Morgan fingerprint density at radius 2 is 1.91 bits per heavy atom. The zero-order chi connectivity index (χ0) is 24.3. The minimum absolute atomic E-state index is 0.0128. The molecule has 9 heteroatoms. The maximum absolute atomic E-state index is 13.6. The summed E-state index contributed by atoms with van der Waals surface area (Å²) in [4.78, 5) is 42.5. The van der Waals surface area contributed by atoms with Crippen molar-refractivity contribution >= 4 is 25.3 Å². The first-order chi connectivity index (χ1) is 16.2. The third-order valence-electron chi connectivity index (χ3n) is 7.28. The number of benzene rings is 1. The van der Waals surface area contributed by atoms with Crippen LogP contribution in [0.15, 0.2) is 53.3 Å². The van der Waals surface area contributed by atoms with Crippen molar-refractivity contribution in [1.82, 2.24) is 4.98 Å². The Morgan fingerprint density at radius 3 is 2.62 bits per heavy atom. The van der Waals surface area contributed by atoms with Gasteiger partial charge in [-0.1, -0.05) is 12.4 Å². The van der Waals surface area contributed by atoms with E-state index in [0.29, 0.717) is 18.4 Å². The number of aromatic hydroxyl groups is 1. The Bertz CT molecular complexity index is 1340. The number of pyridine rings is 1. The first-order valence-corrected chi connectivity index (χ1v) is 11.3. The molecule has 172 valence electrons. The van der Waals surface area contributed by atoms with Crippen LogP contribution in [0.2, 0.25) is 0 Å². The molecule has 3 unspecified atom stereocenters. The molecule has 0 radical (unpaired) electrons. The van der Waals surface area contributed by atoms with Gasteiger partial charge in [0.15, 0.2) is 11.6 Å². The Morgan fingerprint density at radius 1 is 1.15 bits per heavy atom. The second-order valence-corrected chi connectivity index (χ2v) is 9.18. The van der Waals surface area contributed by atoms with Gasteiger partial charge < -0.3 is 21.1 Å². The van der Waals surface area contributed by atoms with Crippen LogP contribution >= 0.6 is 0 Å². The molecule has 5 rings (SSSR count). The highest BCUT2D eigenvalue weighted by Gasteiger charge is 2.50. The minimum Gasteiger partial charge on any atom is -0.511 e. The molecule has 5 N–H and O–H groups in total. The van der Waals surface area contributed by atoms with Crippen LogP contribution in [0.5, 0.6) is 5.75 Å². The van der Waals surface area contributed by atoms with Gasteiger partial charge in [0, 0.05) is 30.0 Å². The molecular formula is C25H23BN2O6. The predicted octanol–water partition coefficient (Wildman–Crippen LogP) is 1.66. The van der Waals surface area contributed by atoms with Crippen LogP contribution in [-0.2, 0) is 22.3 Å². The Labute approximate surface area is 196 Å². The third-order valence-corrected chi connectivity index (χ3v) is 7.28. The van der Waals surface area contributed by atoms with Gasteiger partial charge in [-0.15, -0.1) is 0 Å². The van der Waals surface area contributed by atoms with Gasteiger partial charge in [-0.25, -0.2) is 0 Å². The molecule has 3 atom stereocenters. The van der Waals surface area contributed by atoms with Crippen molar-refractivity contribution in [3.8, 4) is 16.9 Å². The molecule has 1 aromatic heterocycles. The van der Waals surface area contributed by atoms with Gasteiger partial charge in [0.2, 0.25) is 0 Å². The lowest BCUT2D eigenvalue weighted by molar-refractivity contribution is -0.126. The lowest BCUT2D eigenvalue weighted by Crippen LogP contribution is -2.43. The molecule has 1 aromatic carbocycles. The molecule has 34 heavy (non-hydrogen) atoms. The van der Waals surface area contributed by atoms with Crippen LogP contribution in [0, 0.1) is 17.8 Å². The number of amides is 1. The maximum atomic E-state index is 13.6. The largest absolute Gasteiger partial charge is 0.511 e. The summed E-state index contributed by atoms with van der Waals surface area (Å²) in [6.07, 6.45) is 5.03. The highest BCUT2D eigenvalue weighted by Crippen LogP contribution is 2.50. The molecule has 0 aliphatic heterocycles. The SMILES string of the molecule is BCc1cncc(-c2ccc(O)c3c2CC2CC4CC(O)=C(C(N)=O)C(=O)C4C(O)=C2C3=O)c1. The number of aliphatic hydroxyl groups is 2. The fourth-order valence-electron chi connectivity index (χ4n) is 5.74. The summed E-state index contributed by atoms with van der Waals surface area (Å²) in [6, 6.07) is 5.21. The first kappa shape index (κ1) is 21.9. The van der Waals surface area contributed by atoms with Crippen LogP contribution in [0.4, 0.5) is 0 Å². The number of phenolic OH excluding ortho intramolecular Hbond substituents is 1. The number of carbonyl (C=O) groups excluding carboxylic acids is 3. The van der Waals surface area contributed by atoms with E-state index in [-0.39, 0.29) is 29.1 Å². The molecule has 2 aromatic rings. The van der Waals surface area contributed by atoms with Crippen molar-refractivity contribution in [2.45, 2.75) is 25.6 Å². The predicted molar refractivity (Wildman–Crippen MR) is 125 cm³/mol. The van der Waals surface area contributed by atoms with Crippen LogP contribution in [0.25, 0.3) is 11.1 Å². The summed E-state index contributed by atoms with van der Waals surface area (Å²) in [6.45, 7) is 0. The number of fused-ring (bicyclic) bond motifs is 3. The third kappa shape index (κ3) is 3.14. The summed E-state index contributed by atoms with van der Waals surface area (Å²) in [7, 11) is 2.02. The Balaban J connectivity index is 1.64. The number of allylic oxidation sites excluding steroid dienone is 3. The summed E-state index contributed by atoms with van der Waals surface area (Å²) >= 11 is 0.